The van der Waals surface area contributed by atoms with Gasteiger partial charge in [-0.25, -0.2) is 4.98 Å². The third kappa shape index (κ3) is 1.57. The average molecular weight is 286 g/mol. The van der Waals surface area contributed by atoms with Crippen molar-refractivity contribution in [2.45, 2.75) is 13.2 Å². The predicted molar refractivity (Wildman–Crippen MR) is 87.1 cm³/mol. The van der Waals surface area contributed by atoms with Gasteiger partial charge >= 0.3 is 0 Å². The number of aromatic nitrogens is 2. The molecule has 2 aromatic carbocycles. The second-order valence-electron chi connectivity index (χ2n) is 5.67. The first-order valence-electron chi connectivity index (χ1n) is 7.46. The molecule has 5 rings (SSSR count). The van der Waals surface area contributed by atoms with E-state index >= 15 is 0 Å². The predicted octanol–water partition coefficient (Wildman–Crippen LogP) is 4.21. The first kappa shape index (κ1) is 12.0. The monoisotopic (exact) mass is 286 g/mol. The molecule has 0 aliphatic carbocycles. The van der Waals surface area contributed by atoms with Gasteiger partial charge in [0.15, 0.2) is 0 Å². The molecule has 0 unspecified atom stereocenters. The zero-order chi connectivity index (χ0) is 14.5. The summed E-state index contributed by atoms with van der Waals surface area (Å²) in [6, 6.07) is 19.1. The van der Waals surface area contributed by atoms with Crippen molar-refractivity contribution in [1.82, 2.24) is 9.55 Å². The number of pyridine rings is 1. The highest BCUT2D eigenvalue weighted by molar-refractivity contribution is 6.09. The van der Waals surface area contributed by atoms with Gasteiger partial charge in [0.25, 0.3) is 0 Å². The second kappa shape index (κ2) is 4.42. The molecule has 0 fully saturated rings. The number of nitrogens with zero attached hydrogens (tertiary/aromatic N) is 2. The van der Waals surface area contributed by atoms with E-state index in [0.29, 0.717) is 13.2 Å². The highest BCUT2D eigenvalue weighted by Gasteiger charge is 2.18. The Morgan fingerprint density at radius 2 is 1.64 bits per heavy atom. The van der Waals surface area contributed by atoms with Crippen molar-refractivity contribution in [3.8, 4) is 5.82 Å². The molecule has 1 aliphatic rings. The summed E-state index contributed by atoms with van der Waals surface area (Å²) in [4.78, 5) is 4.55. The summed E-state index contributed by atoms with van der Waals surface area (Å²) in [7, 11) is 0. The molecule has 3 heteroatoms. The molecule has 0 radical (unpaired) electrons. The number of ether oxygens (including phenoxy) is 1. The van der Waals surface area contributed by atoms with E-state index in [9.17, 15) is 0 Å². The molecule has 3 nitrogen and oxygen atoms in total. The fourth-order valence-electron chi connectivity index (χ4n) is 3.38. The number of hydrogen-bond donors (Lipinski definition) is 0. The van der Waals surface area contributed by atoms with Crippen LogP contribution in [-0.4, -0.2) is 9.55 Å². The first-order valence-corrected chi connectivity index (χ1v) is 7.46. The summed E-state index contributed by atoms with van der Waals surface area (Å²) in [5.41, 5.74) is 4.98. The summed E-state index contributed by atoms with van der Waals surface area (Å²) in [6.45, 7) is 1.42. The Kier molecular flexibility index (Phi) is 2.40. The van der Waals surface area contributed by atoms with Crippen molar-refractivity contribution in [2.75, 3.05) is 0 Å². The molecule has 22 heavy (non-hydrogen) atoms. The SMILES string of the molecule is c1ccc(-n2c3ccccc3c3cc4c(cc32)COC4)nc1. The second-order valence-corrected chi connectivity index (χ2v) is 5.67. The van der Waals surface area contributed by atoms with Crippen molar-refractivity contribution < 1.29 is 4.74 Å². The summed E-state index contributed by atoms with van der Waals surface area (Å²) >= 11 is 0. The minimum atomic E-state index is 0.703. The Bertz CT molecular complexity index is 1000. The van der Waals surface area contributed by atoms with Crippen LogP contribution >= 0.6 is 0 Å². The van der Waals surface area contributed by atoms with Gasteiger partial charge in [0.05, 0.1) is 24.2 Å². The topological polar surface area (TPSA) is 27.1 Å². The Hall–Kier alpha value is -2.65. The van der Waals surface area contributed by atoms with E-state index in [1.165, 1.54) is 32.9 Å². The normalized spacial score (nSPS) is 13.8. The summed E-state index contributed by atoms with van der Waals surface area (Å²) in [6.07, 6.45) is 1.84. The molecule has 0 spiro atoms. The number of rotatable bonds is 1. The maximum Gasteiger partial charge on any atom is 0.137 e. The van der Waals surface area contributed by atoms with E-state index in [1.54, 1.807) is 0 Å². The van der Waals surface area contributed by atoms with Crippen LogP contribution in [0.5, 0.6) is 0 Å². The molecule has 3 heterocycles. The van der Waals surface area contributed by atoms with E-state index in [0.717, 1.165) is 5.82 Å². The number of benzene rings is 2. The van der Waals surface area contributed by atoms with Crippen LogP contribution < -0.4 is 0 Å². The van der Waals surface area contributed by atoms with Crippen LogP contribution in [0.3, 0.4) is 0 Å². The molecule has 2 aromatic heterocycles. The fourth-order valence-corrected chi connectivity index (χ4v) is 3.38. The Morgan fingerprint density at radius 3 is 2.50 bits per heavy atom. The summed E-state index contributed by atoms with van der Waals surface area (Å²) in [5.74, 6) is 0.951. The molecule has 0 amide bonds. The minimum Gasteiger partial charge on any atom is -0.372 e. The summed E-state index contributed by atoms with van der Waals surface area (Å²) in [5, 5.41) is 2.53. The van der Waals surface area contributed by atoms with Crippen LogP contribution in [-0.2, 0) is 18.0 Å². The molecule has 0 saturated heterocycles. The average Bonchev–Trinajstić information content (AvgIpc) is 3.15. The van der Waals surface area contributed by atoms with E-state index in [4.69, 9.17) is 4.74 Å². The summed E-state index contributed by atoms with van der Waals surface area (Å²) < 4.78 is 7.83. The van der Waals surface area contributed by atoms with E-state index in [-0.39, 0.29) is 0 Å². The molecular weight excluding hydrogens is 272 g/mol. The standard InChI is InChI=1S/C19H14N2O/c1-2-6-17-15(5-1)16-9-13-11-22-12-14(13)10-18(16)21(17)19-7-3-4-8-20-19/h1-10H,11-12H2. The van der Waals surface area contributed by atoms with Crippen molar-refractivity contribution in [1.29, 1.82) is 0 Å². The minimum absolute atomic E-state index is 0.703. The molecule has 0 N–H and O–H groups in total. The van der Waals surface area contributed by atoms with Gasteiger partial charge in [-0.1, -0.05) is 24.3 Å². The quantitative estimate of drug-likeness (QED) is 0.524. The molecule has 0 bridgehead atoms. The Balaban J connectivity index is 1.97. The molecular formula is C19H14N2O. The molecule has 0 atom stereocenters. The van der Waals surface area contributed by atoms with E-state index < -0.39 is 0 Å². The van der Waals surface area contributed by atoms with Gasteiger partial charge in [-0.3, -0.25) is 4.57 Å². The fraction of sp³-hybridized carbons (Fsp3) is 0.105. The third-order valence-electron chi connectivity index (χ3n) is 4.39. The molecule has 1 aliphatic heterocycles. The van der Waals surface area contributed by atoms with Crippen molar-refractivity contribution in [2.24, 2.45) is 0 Å². The van der Waals surface area contributed by atoms with Gasteiger partial charge in [0.1, 0.15) is 5.82 Å². The highest BCUT2D eigenvalue weighted by atomic mass is 16.5. The lowest BCUT2D eigenvalue weighted by Crippen LogP contribution is -1.96. The third-order valence-corrected chi connectivity index (χ3v) is 4.39. The van der Waals surface area contributed by atoms with Crippen molar-refractivity contribution in [3.63, 3.8) is 0 Å². The molecule has 4 aromatic rings. The van der Waals surface area contributed by atoms with Crippen LogP contribution in [0.15, 0.2) is 60.8 Å². The first-order chi connectivity index (χ1) is 10.9. The maximum absolute atomic E-state index is 5.59. The maximum atomic E-state index is 5.59. The lowest BCUT2D eigenvalue weighted by molar-refractivity contribution is 0.134. The zero-order valence-electron chi connectivity index (χ0n) is 12.0. The zero-order valence-corrected chi connectivity index (χ0v) is 12.0. The Labute approximate surface area is 127 Å². The Morgan fingerprint density at radius 1 is 0.818 bits per heavy atom. The van der Waals surface area contributed by atoms with Gasteiger partial charge in [-0.15, -0.1) is 0 Å². The van der Waals surface area contributed by atoms with Crippen molar-refractivity contribution >= 4 is 21.8 Å². The van der Waals surface area contributed by atoms with Gasteiger partial charge in [-0.2, -0.15) is 0 Å². The van der Waals surface area contributed by atoms with Crippen LogP contribution in [0.25, 0.3) is 27.6 Å². The van der Waals surface area contributed by atoms with Crippen LogP contribution in [0.2, 0.25) is 0 Å². The molecule has 106 valence electrons. The lowest BCUT2D eigenvalue weighted by atomic mass is 10.1. The highest BCUT2D eigenvalue weighted by Crippen LogP contribution is 2.35. The number of fused-ring (bicyclic) bond motifs is 4. The van der Waals surface area contributed by atoms with Crippen molar-refractivity contribution in [3.05, 3.63) is 71.9 Å². The van der Waals surface area contributed by atoms with Gasteiger partial charge in [-0.05, 0) is 41.5 Å². The lowest BCUT2D eigenvalue weighted by Gasteiger charge is -2.06. The van der Waals surface area contributed by atoms with E-state index in [2.05, 4.69) is 52.0 Å². The van der Waals surface area contributed by atoms with Gasteiger partial charge in [0, 0.05) is 17.0 Å². The van der Waals surface area contributed by atoms with Crippen LogP contribution in [0.1, 0.15) is 11.1 Å². The smallest absolute Gasteiger partial charge is 0.137 e. The van der Waals surface area contributed by atoms with Gasteiger partial charge < -0.3 is 4.74 Å². The van der Waals surface area contributed by atoms with Crippen LogP contribution in [0, 0.1) is 0 Å². The number of para-hydroxylation sites is 1. The number of hydrogen-bond acceptors (Lipinski definition) is 2. The van der Waals surface area contributed by atoms with Gasteiger partial charge in [0.2, 0.25) is 0 Å². The largest absolute Gasteiger partial charge is 0.372 e. The van der Waals surface area contributed by atoms with Crippen LogP contribution in [0.4, 0.5) is 0 Å². The molecule has 0 saturated carbocycles. The van der Waals surface area contributed by atoms with E-state index in [1.807, 2.05) is 18.3 Å².